The van der Waals surface area contributed by atoms with Crippen LogP contribution in [-0.2, 0) is 16.0 Å². The van der Waals surface area contributed by atoms with Gasteiger partial charge in [0, 0.05) is 19.1 Å². The number of likely N-dealkylation sites (tertiary alicyclic amines) is 1. The third kappa shape index (κ3) is 6.56. The lowest BCUT2D eigenvalue weighted by molar-refractivity contribution is -0.139. The molecule has 31 heavy (non-hydrogen) atoms. The first kappa shape index (κ1) is 22.8. The van der Waals surface area contributed by atoms with Crippen molar-refractivity contribution >= 4 is 11.8 Å². The molecule has 1 saturated heterocycles. The third-order valence-corrected chi connectivity index (χ3v) is 5.97. The monoisotopic (exact) mass is 423 g/mol. The summed E-state index contributed by atoms with van der Waals surface area (Å²) < 4.78 is 5.27. The zero-order valence-corrected chi connectivity index (χ0v) is 18.5. The zero-order valence-electron chi connectivity index (χ0n) is 18.5. The molecule has 2 aromatic carbocycles. The summed E-state index contributed by atoms with van der Waals surface area (Å²) in [5, 5.41) is 5.58. The van der Waals surface area contributed by atoms with Gasteiger partial charge in [-0.3, -0.25) is 14.5 Å². The number of carbonyl (C=O) groups is 2. The maximum Gasteiger partial charge on any atom is 0.309 e. The molecule has 2 N–H and O–H groups in total. The van der Waals surface area contributed by atoms with Crippen LogP contribution in [0, 0.1) is 5.92 Å². The highest BCUT2D eigenvalue weighted by atomic mass is 16.5. The minimum Gasteiger partial charge on any atom is -0.497 e. The molecule has 2 atom stereocenters. The number of ether oxygens (including phenoxy) is 1. The van der Waals surface area contributed by atoms with Gasteiger partial charge < -0.3 is 15.4 Å². The Morgan fingerprint density at radius 2 is 1.74 bits per heavy atom. The molecule has 0 saturated carbocycles. The highest BCUT2D eigenvalue weighted by Gasteiger charge is 2.31. The van der Waals surface area contributed by atoms with Crippen molar-refractivity contribution in [3.05, 3.63) is 65.7 Å². The standard InChI is InChI=1S/C25H33N3O3/c1-28-17-7-11-21(23(28)20-12-14-22(31-2)15-13-20)18-27-25(30)24(29)26-16-6-10-19-8-4-3-5-9-19/h3-5,8-9,12-15,21,23H,6-7,10-11,16-18H2,1-2H3,(H,26,29)(H,27,30). The summed E-state index contributed by atoms with van der Waals surface area (Å²) >= 11 is 0. The van der Waals surface area contributed by atoms with E-state index in [9.17, 15) is 9.59 Å². The second-order valence-electron chi connectivity index (χ2n) is 8.16. The SMILES string of the molecule is COc1ccc(C2C(CNC(=O)C(=O)NCCCc3ccccc3)CCCN2C)cc1. The van der Waals surface area contributed by atoms with Gasteiger partial charge >= 0.3 is 11.8 Å². The van der Waals surface area contributed by atoms with E-state index in [2.05, 4.69) is 46.8 Å². The third-order valence-electron chi connectivity index (χ3n) is 5.97. The zero-order chi connectivity index (χ0) is 22.1. The molecule has 0 aliphatic carbocycles. The van der Waals surface area contributed by atoms with Crippen molar-refractivity contribution < 1.29 is 14.3 Å². The predicted molar refractivity (Wildman–Crippen MR) is 122 cm³/mol. The number of aryl methyl sites for hydroxylation is 1. The fourth-order valence-corrected chi connectivity index (χ4v) is 4.32. The van der Waals surface area contributed by atoms with Gasteiger partial charge in [0.1, 0.15) is 5.75 Å². The van der Waals surface area contributed by atoms with E-state index in [1.54, 1.807) is 7.11 Å². The van der Waals surface area contributed by atoms with Crippen molar-refractivity contribution in [2.75, 3.05) is 33.8 Å². The second-order valence-corrected chi connectivity index (χ2v) is 8.16. The van der Waals surface area contributed by atoms with Gasteiger partial charge in [-0.15, -0.1) is 0 Å². The fraction of sp³-hybridized carbons (Fsp3) is 0.440. The van der Waals surface area contributed by atoms with Crippen molar-refractivity contribution in [1.29, 1.82) is 0 Å². The lowest BCUT2D eigenvalue weighted by atomic mass is 9.85. The quantitative estimate of drug-likeness (QED) is 0.506. The molecule has 0 bridgehead atoms. The van der Waals surface area contributed by atoms with Gasteiger partial charge in [0.25, 0.3) is 0 Å². The number of nitrogens with one attached hydrogen (secondary N) is 2. The highest BCUT2D eigenvalue weighted by molar-refractivity contribution is 6.35. The summed E-state index contributed by atoms with van der Waals surface area (Å²) in [6.45, 7) is 1.99. The summed E-state index contributed by atoms with van der Waals surface area (Å²) in [5.41, 5.74) is 2.43. The van der Waals surface area contributed by atoms with E-state index in [-0.39, 0.29) is 12.0 Å². The Hall–Kier alpha value is -2.86. The molecule has 1 heterocycles. The average Bonchev–Trinajstić information content (AvgIpc) is 2.81. The summed E-state index contributed by atoms with van der Waals surface area (Å²) in [6, 6.07) is 18.4. The molecular formula is C25H33N3O3. The van der Waals surface area contributed by atoms with E-state index < -0.39 is 11.8 Å². The Morgan fingerprint density at radius 1 is 1.03 bits per heavy atom. The maximum absolute atomic E-state index is 12.3. The number of methoxy groups -OCH3 is 1. The van der Waals surface area contributed by atoms with Crippen LogP contribution in [0.5, 0.6) is 5.75 Å². The first-order chi connectivity index (χ1) is 15.1. The summed E-state index contributed by atoms with van der Waals surface area (Å²) in [5.74, 6) is -0.0300. The first-order valence-electron chi connectivity index (χ1n) is 11.0. The van der Waals surface area contributed by atoms with E-state index in [1.165, 1.54) is 11.1 Å². The van der Waals surface area contributed by atoms with Gasteiger partial charge in [0.15, 0.2) is 0 Å². The molecule has 0 radical (unpaired) electrons. The van der Waals surface area contributed by atoms with E-state index in [0.717, 1.165) is 38.0 Å². The van der Waals surface area contributed by atoms with Crippen molar-refractivity contribution in [2.45, 2.75) is 31.7 Å². The number of hydrogen-bond acceptors (Lipinski definition) is 4. The van der Waals surface area contributed by atoms with Crippen LogP contribution in [0.15, 0.2) is 54.6 Å². The number of amides is 2. The van der Waals surface area contributed by atoms with Crippen LogP contribution in [0.3, 0.4) is 0 Å². The second kappa shape index (κ2) is 11.5. The number of piperidine rings is 1. The molecule has 1 fully saturated rings. The van der Waals surface area contributed by atoms with Crippen LogP contribution in [0.2, 0.25) is 0 Å². The van der Waals surface area contributed by atoms with Gasteiger partial charge in [-0.25, -0.2) is 0 Å². The number of carbonyl (C=O) groups excluding carboxylic acids is 2. The van der Waals surface area contributed by atoms with Gasteiger partial charge in [-0.05, 0) is 68.5 Å². The van der Waals surface area contributed by atoms with Crippen molar-refractivity contribution in [1.82, 2.24) is 15.5 Å². The van der Waals surface area contributed by atoms with Crippen molar-refractivity contribution in [2.24, 2.45) is 5.92 Å². The van der Waals surface area contributed by atoms with Gasteiger partial charge in [-0.2, -0.15) is 0 Å². The average molecular weight is 424 g/mol. The Morgan fingerprint density at radius 3 is 2.45 bits per heavy atom. The molecule has 2 unspecified atom stereocenters. The van der Waals surface area contributed by atoms with E-state index in [0.29, 0.717) is 13.1 Å². The van der Waals surface area contributed by atoms with E-state index >= 15 is 0 Å². The molecule has 166 valence electrons. The van der Waals surface area contributed by atoms with Crippen LogP contribution < -0.4 is 15.4 Å². The minimum atomic E-state index is -0.557. The maximum atomic E-state index is 12.3. The Bertz CT molecular complexity index is 839. The Balaban J connectivity index is 1.47. The Kier molecular flexibility index (Phi) is 8.47. The molecule has 6 heteroatoms. The Labute approximate surface area is 185 Å². The van der Waals surface area contributed by atoms with Crippen LogP contribution in [0.25, 0.3) is 0 Å². The van der Waals surface area contributed by atoms with Crippen LogP contribution in [0.1, 0.15) is 36.4 Å². The summed E-state index contributed by atoms with van der Waals surface area (Å²) in [4.78, 5) is 26.8. The van der Waals surface area contributed by atoms with Crippen molar-refractivity contribution in [3.8, 4) is 5.75 Å². The molecular weight excluding hydrogens is 390 g/mol. The number of benzene rings is 2. The van der Waals surface area contributed by atoms with Gasteiger partial charge in [0.05, 0.1) is 7.11 Å². The molecule has 0 spiro atoms. The minimum absolute atomic E-state index is 0.203. The summed E-state index contributed by atoms with van der Waals surface area (Å²) in [7, 11) is 3.77. The highest BCUT2D eigenvalue weighted by Crippen LogP contribution is 2.35. The number of rotatable bonds is 8. The largest absolute Gasteiger partial charge is 0.497 e. The molecule has 1 aliphatic rings. The summed E-state index contributed by atoms with van der Waals surface area (Å²) in [6.07, 6.45) is 3.77. The number of hydrogen-bond donors (Lipinski definition) is 2. The van der Waals surface area contributed by atoms with E-state index in [4.69, 9.17) is 4.74 Å². The first-order valence-corrected chi connectivity index (χ1v) is 11.0. The molecule has 0 aromatic heterocycles. The molecule has 1 aliphatic heterocycles. The lowest BCUT2D eigenvalue weighted by Crippen LogP contribution is -2.45. The lowest BCUT2D eigenvalue weighted by Gasteiger charge is -2.39. The van der Waals surface area contributed by atoms with Crippen LogP contribution >= 0.6 is 0 Å². The molecule has 2 amide bonds. The normalized spacial score (nSPS) is 18.9. The number of nitrogens with zero attached hydrogens (tertiary/aromatic N) is 1. The molecule has 6 nitrogen and oxygen atoms in total. The van der Waals surface area contributed by atoms with E-state index in [1.807, 2.05) is 30.3 Å². The predicted octanol–water partition coefficient (Wildman–Crippen LogP) is 2.94. The smallest absolute Gasteiger partial charge is 0.309 e. The molecule has 3 rings (SSSR count). The van der Waals surface area contributed by atoms with Crippen LogP contribution in [-0.4, -0.2) is 50.5 Å². The molecule has 2 aromatic rings. The van der Waals surface area contributed by atoms with Gasteiger partial charge in [0.2, 0.25) is 0 Å². The van der Waals surface area contributed by atoms with Crippen molar-refractivity contribution in [3.63, 3.8) is 0 Å². The fourth-order valence-electron chi connectivity index (χ4n) is 4.32. The van der Waals surface area contributed by atoms with Gasteiger partial charge in [-0.1, -0.05) is 42.5 Å². The van der Waals surface area contributed by atoms with Crippen LogP contribution in [0.4, 0.5) is 0 Å². The topological polar surface area (TPSA) is 70.7 Å².